The second-order valence-electron chi connectivity index (χ2n) is 9.17. The van der Waals surface area contributed by atoms with E-state index < -0.39 is 12.1 Å². The number of hydrogen-bond donors (Lipinski definition) is 2. The van der Waals surface area contributed by atoms with Crippen molar-refractivity contribution in [2.75, 3.05) is 31.7 Å². The van der Waals surface area contributed by atoms with Crippen LogP contribution in [0.5, 0.6) is 0 Å². The van der Waals surface area contributed by atoms with Gasteiger partial charge in [-0.15, -0.1) is 0 Å². The molecular weight excluding hydrogens is 464 g/mol. The second-order valence-corrected chi connectivity index (χ2v) is 10.2. The lowest BCUT2D eigenvalue weighted by molar-refractivity contribution is -0.144. The van der Waals surface area contributed by atoms with Crippen LogP contribution in [0.25, 0.3) is 11.1 Å². The maximum atomic E-state index is 12.9. The Labute approximate surface area is 210 Å². The summed E-state index contributed by atoms with van der Waals surface area (Å²) in [5.41, 5.74) is 4.62. The highest BCUT2D eigenvalue weighted by molar-refractivity contribution is 7.98. The number of carbonyl (C=O) groups excluding carboxylic acids is 2. The smallest absolute Gasteiger partial charge is 0.407 e. The van der Waals surface area contributed by atoms with Crippen LogP contribution in [-0.4, -0.2) is 65.7 Å². The molecule has 2 N–H and O–H groups in total. The van der Waals surface area contributed by atoms with E-state index in [9.17, 15) is 19.5 Å². The van der Waals surface area contributed by atoms with E-state index in [4.69, 9.17) is 4.74 Å². The van der Waals surface area contributed by atoms with Crippen LogP contribution in [0.2, 0.25) is 0 Å². The minimum Gasteiger partial charge on any atom is -0.480 e. The number of nitrogens with zero attached hydrogens (tertiary/aromatic N) is 1. The number of carboxylic acids is 1. The van der Waals surface area contributed by atoms with Gasteiger partial charge in [-0.3, -0.25) is 9.59 Å². The van der Waals surface area contributed by atoms with Gasteiger partial charge in [0.1, 0.15) is 13.2 Å². The summed E-state index contributed by atoms with van der Waals surface area (Å²) < 4.78 is 5.69. The van der Waals surface area contributed by atoms with Crippen molar-refractivity contribution in [1.29, 1.82) is 0 Å². The molecule has 7 nitrogen and oxygen atoms in total. The van der Waals surface area contributed by atoms with Crippen molar-refractivity contribution in [2.45, 2.75) is 37.6 Å². The summed E-state index contributed by atoms with van der Waals surface area (Å²) in [5, 5.41) is 12.1. The van der Waals surface area contributed by atoms with Gasteiger partial charge in [0.15, 0.2) is 0 Å². The van der Waals surface area contributed by atoms with E-state index in [2.05, 4.69) is 29.6 Å². The van der Waals surface area contributed by atoms with Gasteiger partial charge >= 0.3 is 12.1 Å². The average molecular weight is 497 g/mol. The van der Waals surface area contributed by atoms with E-state index in [-0.39, 0.29) is 43.4 Å². The molecule has 35 heavy (non-hydrogen) atoms. The molecule has 186 valence electrons. The van der Waals surface area contributed by atoms with E-state index in [0.717, 1.165) is 30.4 Å². The fraction of sp³-hybridized carbons (Fsp3) is 0.444. The summed E-state index contributed by atoms with van der Waals surface area (Å²) in [5.74, 6) is -0.463. The summed E-state index contributed by atoms with van der Waals surface area (Å²) >= 11 is 1.56. The van der Waals surface area contributed by atoms with Gasteiger partial charge in [-0.2, -0.15) is 11.8 Å². The van der Waals surface area contributed by atoms with Crippen LogP contribution in [0.1, 0.15) is 42.7 Å². The van der Waals surface area contributed by atoms with E-state index in [1.165, 1.54) is 16.0 Å². The zero-order valence-electron chi connectivity index (χ0n) is 19.9. The number of ether oxygens (including phenoxy) is 1. The van der Waals surface area contributed by atoms with Crippen LogP contribution >= 0.6 is 11.8 Å². The number of amides is 2. The highest BCUT2D eigenvalue weighted by atomic mass is 32.2. The van der Waals surface area contributed by atoms with Gasteiger partial charge in [0.25, 0.3) is 0 Å². The van der Waals surface area contributed by atoms with Gasteiger partial charge < -0.3 is 20.1 Å². The third kappa shape index (κ3) is 5.99. The van der Waals surface area contributed by atoms with E-state index in [1.54, 1.807) is 11.8 Å². The minimum atomic E-state index is -1.04. The van der Waals surface area contributed by atoms with Gasteiger partial charge in [-0.05, 0) is 47.3 Å². The third-order valence-electron chi connectivity index (χ3n) is 7.00. The number of thioether (sulfide) groups is 1. The summed E-state index contributed by atoms with van der Waals surface area (Å²) in [7, 11) is 0. The first-order chi connectivity index (χ1) is 17.0. The van der Waals surface area contributed by atoms with Crippen LogP contribution in [0.15, 0.2) is 48.5 Å². The van der Waals surface area contributed by atoms with E-state index in [1.807, 2.05) is 30.5 Å². The predicted octanol–water partition coefficient (Wildman–Crippen LogP) is 4.36. The van der Waals surface area contributed by atoms with Gasteiger partial charge in [0, 0.05) is 30.7 Å². The highest BCUT2D eigenvalue weighted by Crippen LogP contribution is 2.44. The number of aliphatic carboxylic acids is 1. The molecule has 1 unspecified atom stereocenters. The fourth-order valence-electron chi connectivity index (χ4n) is 4.94. The van der Waals surface area contributed by atoms with Gasteiger partial charge in [0.05, 0.1) is 0 Å². The zero-order chi connectivity index (χ0) is 24.8. The first-order valence-electron chi connectivity index (χ1n) is 12.1. The Bertz CT molecular complexity index is 1030. The van der Waals surface area contributed by atoms with Crippen LogP contribution in [0.4, 0.5) is 4.79 Å². The topological polar surface area (TPSA) is 95.9 Å². The average Bonchev–Trinajstić information content (AvgIpc) is 3.12. The van der Waals surface area contributed by atoms with Gasteiger partial charge in [-0.1, -0.05) is 55.0 Å². The van der Waals surface area contributed by atoms with Crippen molar-refractivity contribution >= 4 is 29.7 Å². The summed E-state index contributed by atoms with van der Waals surface area (Å²) in [6.07, 6.45) is 4.39. The molecule has 2 aliphatic rings. The quantitative estimate of drug-likeness (QED) is 0.480. The molecule has 8 heteroatoms. The predicted molar refractivity (Wildman–Crippen MR) is 137 cm³/mol. The molecule has 1 fully saturated rings. The molecular formula is C27H32N2O5S. The molecule has 0 bridgehead atoms. The Hall–Kier alpha value is -3.00. The van der Waals surface area contributed by atoms with Crippen molar-refractivity contribution in [3.05, 3.63) is 59.7 Å². The molecule has 2 aromatic carbocycles. The Balaban J connectivity index is 1.39. The lowest BCUT2D eigenvalue weighted by Gasteiger charge is -2.35. The normalized spacial score (nSPS) is 15.5. The van der Waals surface area contributed by atoms with E-state index in [0.29, 0.717) is 12.3 Å². The number of alkyl carbamates (subject to hydrolysis) is 1. The van der Waals surface area contributed by atoms with Crippen molar-refractivity contribution in [1.82, 2.24) is 10.2 Å². The van der Waals surface area contributed by atoms with Crippen LogP contribution in [0, 0.1) is 5.92 Å². The third-order valence-corrected chi connectivity index (χ3v) is 7.60. The second kappa shape index (κ2) is 11.6. The summed E-state index contributed by atoms with van der Waals surface area (Å²) in [6.45, 7) is 0.250. The molecule has 4 rings (SSSR count). The molecule has 0 spiro atoms. The first kappa shape index (κ1) is 25.1. The Morgan fingerprint density at radius 2 is 1.71 bits per heavy atom. The van der Waals surface area contributed by atoms with E-state index >= 15 is 0 Å². The van der Waals surface area contributed by atoms with Crippen molar-refractivity contribution in [2.24, 2.45) is 5.92 Å². The molecule has 0 heterocycles. The molecule has 1 atom stereocenters. The minimum absolute atomic E-state index is 0.0328. The van der Waals surface area contributed by atoms with Crippen LogP contribution in [-0.2, 0) is 14.3 Å². The number of carbonyl (C=O) groups is 3. The lowest BCUT2D eigenvalue weighted by Crippen LogP contribution is -2.48. The molecule has 0 aromatic heterocycles. The van der Waals surface area contributed by atoms with Gasteiger partial charge in [0.2, 0.25) is 5.91 Å². The van der Waals surface area contributed by atoms with Crippen molar-refractivity contribution in [3.8, 4) is 11.1 Å². The largest absolute Gasteiger partial charge is 0.480 e. The SMILES string of the molecule is CSCCN(CC(=O)O)C(=O)CC(NC(=O)OCC1c2ccccc2-c2ccccc21)C1CCC1. The Morgan fingerprint density at radius 3 is 2.26 bits per heavy atom. The Kier molecular flexibility index (Phi) is 8.33. The molecule has 2 aromatic rings. The highest BCUT2D eigenvalue weighted by Gasteiger charge is 2.33. The Morgan fingerprint density at radius 1 is 1.09 bits per heavy atom. The lowest BCUT2D eigenvalue weighted by atomic mass is 9.78. The monoisotopic (exact) mass is 496 g/mol. The number of fused-ring (bicyclic) bond motifs is 3. The van der Waals surface area contributed by atoms with Crippen LogP contribution in [0.3, 0.4) is 0 Å². The molecule has 2 amide bonds. The maximum Gasteiger partial charge on any atom is 0.407 e. The molecule has 0 saturated heterocycles. The summed E-state index contributed by atoms with van der Waals surface area (Å²) in [4.78, 5) is 38.4. The molecule has 1 saturated carbocycles. The number of rotatable bonds is 11. The van der Waals surface area contributed by atoms with Crippen LogP contribution < -0.4 is 5.32 Å². The number of carboxylic acid groups (broad SMARTS) is 1. The number of nitrogens with one attached hydrogen (secondary N) is 1. The maximum absolute atomic E-state index is 12.9. The van der Waals surface area contributed by atoms with Crippen molar-refractivity contribution < 1.29 is 24.2 Å². The molecule has 0 radical (unpaired) electrons. The summed E-state index contributed by atoms with van der Waals surface area (Å²) in [6, 6.07) is 16.0. The van der Waals surface area contributed by atoms with Gasteiger partial charge in [-0.25, -0.2) is 4.79 Å². The number of hydrogen-bond acceptors (Lipinski definition) is 5. The zero-order valence-corrected chi connectivity index (χ0v) is 20.8. The molecule has 0 aliphatic heterocycles. The first-order valence-corrected chi connectivity index (χ1v) is 13.5. The molecule has 2 aliphatic carbocycles. The number of benzene rings is 2. The van der Waals surface area contributed by atoms with Crippen molar-refractivity contribution in [3.63, 3.8) is 0 Å². The standard InChI is InChI=1S/C27H32N2O5S/c1-35-14-13-29(16-26(31)32)25(30)15-24(18-7-6-8-18)28-27(33)34-17-23-21-11-4-2-9-19(21)20-10-3-5-12-22(20)23/h2-5,9-12,18,23-24H,6-8,13-17H2,1H3,(H,28,33)(H,31,32). The fourth-order valence-corrected chi connectivity index (χ4v) is 5.35.